The lowest BCUT2D eigenvalue weighted by Gasteiger charge is -2.10. The number of aromatic amines is 1. The molecule has 2 aromatic rings. The van der Waals surface area contributed by atoms with Crippen LogP contribution in [0.25, 0.3) is 10.9 Å². The smallest absolute Gasteiger partial charge is 0.224 e. The number of hydrogen-bond donors (Lipinski definition) is 3. The van der Waals surface area contributed by atoms with Crippen LogP contribution in [0.3, 0.4) is 0 Å². The molecule has 1 amide bonds. The molecule has 20 heavy (non-hydrogen) atoms. The topological polar surface area (TPSA) is 65.1 Å². The van der Waals surface area contributed by atoms with Gasteiger partial charge in [-0.15, -0.1) is 0 Å². The zero-order valence-electron chi connectivity index (χ0n) is 11.4. The number of halogens is 1. The molecule has 0 radical (unpaired) electrons. The molecule has 0 fully saturated rings. The molecule has 5 heteroatoms. The summed E-state index contributed by atoms with van der Waals surface area (Å²) >= 11 is 0. The molecule has 108 valence electrons. The molecule has 0 saturated heterocycles. The van der Waals surface area contributed by atoms with E-state index in [1.54, 1.807) is 12.3 Å². The molecular formula is C15H19FN2O2. The van der Waals surface area contributed by atoms with E-state index in [9.17, 15) is 14.3 Å². The van der Waals surface area contributed by atoms with Crippen molar-refractivity contribution in [3.05, 3.63) is 35.8 Å². The molecule has 0 aliphatic rings. The van der Waals surface area contributed by atoms with E-state index >= 15 is 0 Å². The summed E-state index contributed by atoms with van der Waals surface area (Å²) < 4.78 is 13.1. The quantitative estimate of drug-likeness (QED) is 0.758. The van der Waals surface area contributed by atoms with Crippen molar-refractivity contribution in [3.8, 4) is 0 Å². The van der Waals surface area contributed by atoms with Gasteiger partial charge in [-0.1, -0.05) is 13.3 Å². The van der Waals surface area contributed by atoms with Crippen LogP contribution in [0.1, 0.15) is 25.3 Å². The van der Waals surface area contributed by atoms with Crippen molar-refractivity contribution in [1.29, 1.82) is 0 Å². The molecule has 2 rings (SSSR count). The molecule has 0 aliphatic heterocycles. The van der Waals surface area contributed by atoms with E-state index in [0.29, 0.717) is 11.9 Å². The Bertz CT molecular complexity index is 595. The number of hydrogen-bond acceptors (Lipinski definition) is 2. The number of H-pyrrole nitrogens is 1. The van der Waals surface area contributed by atoms with E-state index in [2.05, 4.69) is 10.3 Å². The Kier molecular flexibility index (Phi) is 4.74. The number of carbonyl (C=O) groups is 1. The van der Waals surface area contributed by atoms with Gasteiger partial charge in [0.15, 0.2) is 0 Å². The minimum atomic E-state index is -0.499. The summed E-state index contributed by atoms with van der Waals surface area (Å²) in [4.78, 5) is 14.8. The normalized spacial score (nSPS) is 12.6. The molecule has 0 saturated carbocycles. The van der Waals surface area contributed by atoms with Crippen LogP contribution in [0.15, 0.2) is 24.4 Å². The van der Waals surface area contributed by atoms with Gasteiger partial charge in [-0.2, -0.15) is 0 Å². The summed E-state index contributed by atoms with van der Waals surface area (Å²) in [7, 11) is 0. The summed E-state index contributed by atoms with van der Waals surface area (Å²) in [5, 5.41) is 13.1. The third-order valence-electron chi connectivity index (χ3n) is 3.24. The first kappa shape index (κ1) is 14.5. The molecule has 0 bridgehead atoms. The number of nitrogens with one attached hydrogen (secondary N) is 2. The van der Waals surface area contributed by atoms with E-state index in [-0.39, 0.29) is 24.7 Å². The molecule has 0 aliphatic carbocycles. The first-order valence-corrected chi connectivity index (χ1v) is 6.80. The Labute approximate surface area is 117 Å². The number of aliphatic hydroxyl groups is 1. The van der Waals surface area contributed by atoms with Crippen LogP contribution in [-0.2, 0) is 11.2 Å². The average Bonchev–Trinajstić information content (AvgIpc) is 2.79. The van der Waals surface area contributed by atoms with Crippen molar-refractivity contribution in [1.82, 2.24) is 10.3 Å². The molecule has 1 unspecified atom stereocenters. The van der Waals surface area contributed by atoms with E-state index in [4.69, 9.17) is 0 Å². The largest absolute Gasteiger partial charge is 0.391 e. The SMILES string of the molecule is CCCC(O)CNC(=O)Cc1c[nH]c2cc(F)ccc12. The van der Waals surface area contributed by atoms with Gasteiger partial charge >= 0.3 is 0 Å². The van der Waals surface area contributed by atoms with Gasteiger partial charge in [0.1, 0.15) is 5.82 Å². The predicted octanol–water partition coefficient (Wildman–Crippen LogP) is 2.13. The van der Waals surface area contributed by atoms with Gasteiger partial charge in [-0.25, -0.2) is 4.39 Å². The van der Waals surface area contributed by atoms with Crippen molar-refractivity contribution in [2.45, 2.75) is 32.3 Å². The second-order valence-corrected chi connectivity index (χ2v) is 4.93. The zero-order chi connectivity index (χ0) is 14.5. The molecule has 4 nitrogen and oxygen atoms in total. The number of amides is 1. The van der Waals surface area contributed by atoms with Gasteiger partial charge in [-0.3, -0.25) is 4.79 Å². The summed E-state index contributed by atoms with van der Waals surface area (Å²) in [5.74, 6) is -0.455. The van der Waals surface area contributed by atoms with Crippen molar-refractivity contribution in [2.75, 3.05) is 6.54 Å². The number of rotatable bonds is 6. The molecular weight excluding hydrogens is 259 g/mol. The van der Waals surface area contributed by atoms with Crippen LogP contribution < -0.4 is 5.32 Å². The second kappa shape index (κ2) is 6.52. The van der Waals surface area contributed by atoms with Gasteiger partial charge in [-0.05, 0) is 30.2 Å². The molecule has 1 atom stereocenters. The molecule has 1 aromatic carbocycles. The number of fused-ring (bicyclic) bond motifs is 1. The highest BCUT2D eigenvalue weighted by Crippen LogP contribution is 2.19. The van der Waals surface area contributed by atoms with Crippen molar-refractivity contribution >= 4 is 16.8 Å². The maximum atomic E-state index is 13.1. The fraction of sp³-hybridized carbons (Fsp3) is 0.400. The van der Waals surface area contributed by atoms with Crippen LogP contribution in [0.2, 0.25) is 0 Å². The maximum absolute atomic E-state index is 13.1. The number of aromatic nitrogens is 1. The lowest BCUT2D eigenvalue weighted by molar-refractivity contribution is -0.120. The Morgan fingerprint density at radius 1 is 1.50 bits per heavy atom. The fourth-order valence-corrected chi connectivity index (χ4v) is 2.21. The Hall–Kier alpha value is -1.88. The summed E-state index contributed by atoms with van der Waals surface area (Å²) in [6.07, 6.45) is 2.98. The highest BCUT2D eigenvalue weighted by Gasteiger charge is 2.10. The van der Waals surface area contributed by atoms with Gasteiger partial charge < -0.3 is 15.4 Å². The van der Waals surface area contributed by atoms with Crippen molar-refractivity contribution in [2.24, 2.45) is 0 Å². The van der Waals surface area contributed by atoms with Gasteiger partial charge in [0.05, 0.1) is 12.5 Å². The lowest BCUT2D eigenvalue weighted by atomic mass is 10.1. The van der Waals surface area contributed by atoms with E-state index in [1.807, 2.05) is 6.92 Å². The Balaban J connectivity index is 1.96. The van der Waals surface area contributed by atoms with E-state index in [1.165, 1.54) is 12.1 Å². The van der Waals surface area contributed by atoms with Crippen LogP contribution in [0.4, 0.5) is 4.39 Å². The number of carbonyl (C=O) groups excluding carboxylic acids is 1. The van der Waals surface area contributed by atoms with Gasteiger partial charge in [0.2, 0.25) is 5.91 Å². The third-order valence-corrected chi connectivity index (χ3v) is 3.24. The zero-order valence-corrected chi connectivity index (χ0v) is 11.4. The standard InChI is InChI=1S/C15H19FN2O2/c1-2-3-12(19)9-18-15(20)6-10-8-17-14-7-11(16)4-5-13(10)14/h4-5,7-8,12,17,19H,2-3,6,9H2,1H3,(H,18,20). The summed E-state index contributed by atoms with van der Waals surface area (Å²) in [6.45, 7) is 2.25. The first-order valence-electron chi connectivity index (χ1n) is 6.80. The molecule has 1 heterocycles. The summed E-state index contributed by atoms with van der Waals surface area (Å²) in [6, 6.07) is 4.44. The number of benzene rings is 1. The van der Waals surface area contributed by atoms with Crippen LogP contribution >= 0.6 is 0 Å². The summed E-state index contributed by atoms with van der Waals surface area (Å²) in [5.41, 5.74) is 1.50. The third kappa shape index (κ3) is 3.57. The molecule has 3 N–H and O–H groups in total. The predicted molar refractivity (Wildman–Crippen MR) is 75.9 cm³/mol. The van der Waals surface area contributed by atoms with Crippen molar-refractivity contribution < 1.29 is 14.3 Å². The second-order valence-electron chi connectivity index (χ2n) is 4.93. The van der Waals surface area contributed by atoms with Gasteiger partial charge in [0.25, 0.3) is 0 Å². The maximum Gasteiger partial charge on any atom is 0.224 e. The average molecular weight is 278 g/mol. The van der Waals surface area contributed by atoms with Crippen LogP contribution in [0, 0.1) is 5.82 Å². The molecule has 1 aromatic heterocycles. The minimum Gasteiger partial charge on any atom is -0.391 e. The number of aliphatic hydroxyl groups excluding tert-OH is 1. The molecule has 0 spiro atoms. The Morgan fingerprint density at radius 2 is 2.30 bits per heavy atom. The van der Waals surface area contributed by atoms with Crippen molar-refractivity contribution in [3.63, 3.8) is 0 Å². The highest BCUT2D eigenvalue weighted by molar-refractivity contribution is 5.88. The minimum absolute atomic E-state index is 0.148. The van der Waals surface area contributed by atoms with Crippen LogP contribution in [-0.4, -0.2) is 28.6 Å². The fourth-order valence-electron chi connectivity index (χ4n) is 2.21. The Morgan fingerprint density at radius 3 is 3.05 bits per heavy atom. The highest BCUT2D eigenvalue weighted by atomic mass is 19.1. The van der Waals surface area contributed by atoms with E-state index < -0.39 is 6.10 Å². The lowest BCUT2D eigenvalue weighted by Crippen LogP contribution is -2.32. The monoisotopic (exact) mass is 278 g/mol. The van der Waals surface area contributed by atoms with Gasteiger partial charge in [0, 0.05) is 23.6 Å². The van der Waals surface area contributed by atoms with Crippen LogP contribution in [0.5, 0.6) is 0 Å². The first-order chi connectivity index (χ1) is 9.60. The van der Waals surface area contributed by atoms with E-state index in [0.717, 1.165) is 17.4 Å².